The Kier molecular flexibility index (Phi) is 3.99. The average Bonchev–Trinajstić information content (AvgIpc) is 3.21. The van der Waals surface area contributed by atoms with Crippen LogP contribution in [0.15, 0.2) is 53.5 Å². The number of Topliss-reactive ketones (excluding diaryl/α,β-unsaturated/α-hetero) is 1. The van der Waals surface area contributed by atoms with Gasteiger partial charge in [0.1, 0.15) is 5.71 Å². The maximum Gasteiger partial charge on any atom is 0.331 e. The number of hydrogen-bond donors (Lipinski definition) is 1. The van der Waals surface area contributed by atoms with Crippen LogP contribution in [0.25, 0.3) is 10.9 Å². The fraction of sp³-hybridized carbons (Fsp3) is 0.227. The molecule has 0 saturated carbocycles. The Morgan fingerprint density at radius 1 is 1.03 bits per heavy atom. The van der Waals surface area contributed by atoms with Crippen LogP contribution >= 0.6 is 0 Å². The van der Waals surface area contributed by atoms with Crippen LogP contribution in [0.5, 0.6) is 5.88 Å². The maximum absolute atomic E-state index is 13.5. The summed E-state index contributed by atoms with van der Waals surface area (Å²) in [5.74, 6) is -3.55. The molecule has 1 amide bonds. The topological polar surface area (TPSA) is 74.9 Å². The van der Waals surface area contributed by atoms with Crippen LogP contribution in [0, 0.1) is 0 Å². The number of carbonyl (C=O) groups is 2. The van der Waals surface area contributed by atoms with E-state index in [1.54, 1.807) is 48.5 Å². The van der Waals surface area contributed by atoms with Crippen molar-refractivity contribution >= 4 is 34.1 Å². The maximum atomic E-state index is 13.5. The third-order valence-electron chi connectivity index (χ3n) is 5.64. The summed E-state index contributed by atoms with van der Waals surface area (Å²) in [5, 5.41) is 11.5. The number of aromatic nitrogens is 1. The number of alkyl halides is 2. The summed E-state index contributed by atoms with van der Waals surface area (Å²) < 4.78 is 28.1. The lowest BCUT2D eigenvalue weighted by Gasteiger charge is -2.31. The Hall–Kier alpha value is -3.55. The minimum absolute atomic E-state index is 0.0571. The van der Waals surface area contributed by atoms with Gasteiger partial charge in [0.2, 0.25) is 11.7 Å². The summed E-state index contributed by atoms with van der Waals surface area (Å²) in [6, 6.07) is 13.0. The monoisotopic (exact) mass is 409 g/mol. The fourth-order valence-corrected chi connectivity index (χ4v) is 4.05. The molecule has 1 N–H and O–H groups in total. The molecule has 3 aromatic rings. The molecule has 0 bridgehead atoms. The quantitative estimate of drug-likeness (QED) is 0.649. The molecule has 8 heteroatoms. The van der Waals surface area contributed by atoms with Gasteiger partial charge in [0.05, 0.1) is 16.8 Å². The van der Waals surface area contributed by atoms with Gasteiger partial charge in [-0.15, -0.1) is 0 Å². The van der Waals surface area contributed by atoms with Gasteiger partial charge in [-0.1, -0.05) is 30.3 Å². The van der Waals surface area contributed by atoms with E-state index < -0.39 is 30.7 Å². The lowest BCUT2D eigenvalue weighted by Crippen LogP contribution is -2.44. The fourth-order valence-electron chi connectivity index (χ4n) is 4.05. The molecule has 3 heterocycles. The highest BCUT2D eigenvalue weighted by Gasteiger charge is 2.38. The zero-order valence-corrected chi connectivity index (χ0v) is 15.8. The lowest BCUT2D eigenvalue weighted by atomic mass is 10.0. The summed E-state index contributed by atoms with van der Waals surface area (Å²) in [4.78, 5) is 31.7. The highest BCUT2D eigenvalue weighted by Crippen LogP contribution is 2.38. The molecular formula is C22H17F2N3O3. The Bertz CT molecular complexity index is 1240. The Morgan fingerprint density at radius 3 is 2.43 bits per heavy atom. The number of halogens is 2. The second-order valence-corrected chi connectivity index (χ2v) is 7.48. The molecule has 0 atom stereocenters. The number of hydrogen-bond acceptors (Lipinski definition) is 4. The molecule has 0 radical (unpaired) electrons. The van der Waals surface area contributed by atoms with Gasteiger partial charge in [0.25, 0.3) is 5.92 Å². The number of rotatable bonds is 1. The molecule has 1 fully saturated rings. The number of amides is 1. The molecule has 5 rings (SSSR count). The highest BCUT2D eigenvalue weighted by atomic mass is 19.3. The van der Waals surface area contributed by atoms with Crippen molar-refractivity contribution in [1.82, 2.24) is 9.47 Å². The van der Waals surface area contributed by atoms with E-state index in [9.17, 15) is 23.5 Å². The van der Waals surface area contributed by atoms with Crippen molar-refractivity contribution in [3.05, 3.63) is 59.7 Å². The van der Waals surface area contributed by atoms with Crippen LogP contribution < -0.4 is 0 Å². The van der Waals surface area contributed by atoms with Crippen molar-refractivity contribution in [3.63, 3.8) is 0 Å². The molecule has 1 saturated heterocycles. The molecule has 6 nitrogen and oxygen atoms in total. The molecule has 2 aliphatic rings. The molecule has 0 unspecified atom stereocenters. The first-order valence-corrected chi connectivity index (χ1v) is 9.60. The molecule has 2 aliphatic heterocycles. The van der Waals surface area contributed by atoms with E-state index in [4.69, 9.17) is 0 Å². The molecule has 1 aromatic heterocycles. The van der Waals surface area contributed by atoms with Crippen molar-refractivity contribution in [2.75, 3.05) is 13.1 Å². The van der Waals surface area contributed by atoms with Gasteiger partial charge in [0.15, 0.2) is 0 Å². The van der Waals surface area contributed by atoms with Gasteiger partial charge >= 0.3 is 6.03 Å². The van der Waals surface area contributed by atoms with Crippen molar-refractivity contribution in [3.8, 4) is 5.88 Å². The first-order valence-electron chi connectivity index (χ1n) is 9.60. The van der Waals surface area contributed by atoms with E-state index in [0.29, 0.717) is 22.2 Å². The minimum Gasteiger partial charge on any atom is -0.494 e. The number of aromatic hydroxyl groups is 1. The Morgan fingerprint density at radius 2 is 1.70 bits per heavy atom. The molecule has 30 heavy (non-hydrogen) atoms. The van der Waals surface area contributed by atoms with Crippen LogP contribution in [0.1, 0.15) is 28.8 Å². The second kappa shape index (κ2) is 6.48. The third kappa shape index (κ3) is 2.71. The van der Waals surface area contributed by atoms with Gasteiger partial charge in [-0.05, 0) is 18.2 Å². The number of fused-ring (bicyclic) bond motifs is 2. The standard InChI is InChI=1S/C22H17F2N3O3/c23-22(24)9-11-26(12-10-22)21(30)27-16-8-4-2-6-14(16)17(20(27)29)18-19(28)13-5-1-3-7-15(13)25-18/h1-8,29H,9-12H2. The zero-order chi connectivity index (χ0) is 21.0. The van der Waals surface area contributed by atoms with Gasteiger partial charge in [-0.2, -0.15) is 0 Å². The van der Waals surface area contributed by atoms with E-state index >= 15 is 0 Å². The van der Waals surface area contributed by atoms with Gasteiger partial charge < -0.3 is 10.0 Å². The van der Waals surface area contributed by atoms with Crippen LogP contribution in [0.4, 0.5) is 19.3 Å². The Labute approximate surface area is 170 Å². The molecule has 2 aromatic carbocycles. The van der Waals surface area contributed by atoms with E-state index in [1.807, 2.05) is 0 Å². The number of likely N-dealkylation sites (tertiary alicyclic amines) is 1. The number of nitrogens with zero attached hydrogens (tertiary/aromatic N) is 3. The van der Waals surface area contributed by atoms with Crippen molar-refractivity contribution in [2.45, 2.75) is 18.8 Å². The van der Waals surface area contributed by atoms with Crippen LogP contribution in [-0.2, 0) is 0 Å². The minimum atomic E-state index is -2.79. The largest absolute Gasteiger partial charge is 0.494 e. The number of carbonyl (C=O) groups excluding carboxylic acids is 2. The second-order valence-electron chi connectivity index (χ2n) is 7.48. The van der Waals surface area contributed by atoms with Crippen LogP contribution in [0.2, 0.25) is 0 Å². The predicted molar refractivity (Wildman–Crippen MR) is 107 cm³/mol. The van der Waals surface area contributed by atoms with E-state index in [2.05, 4.69) is 4.99 Å². The van der Waals surface area contributed by atoms with Crippen molar-refractivity contribution < 1.29 is 23.5 Å². The Balaban J connectivity index is 1.62. The first-order chi connectivity index (χ1) is 14.4. The van der Waals surface area contributed by atoms with Crippen LogP contribution in [-0.4, -0.2) is 51.1 Å². The van der Waals surface area contributed by atoms with Gasteiger partial charge in [-0.3, -0.25) is 4.79 Å². The third-order valence-corrected chi connectivity index (χ3v) is 5.64. The summed E-state index contributed by atoms with van der Waals surface area (Å²) in [5.41, 5.74) is 1.54. The van der Waals surface area contributed by atoms with E-state index in [1.165, 1.54) is 4.90 Å². The van der Waals surface area contributed by atoms with E-state index in [-0.39, 0.29) is 30.1 Å². The highest BCUT2D eigenvalue weighted by molar-refractivity contribution is 6.56. The molecular weight excluding hydrogens is 392 g/mol. The van der Waals surface area contributed by atoms with Crippen molar-refractivity contribution in [1.29, 1.82) is 0 Å². The van der Waals surface area contributed by atoms with Crippen LogP contribution in [0.3, 0.4) is 0 Å². The molecule has 0 aliphatic carbocycles. The number of benzene rings is 2. The predicted octanol–water partition coefficient (Wildman–Crippen LogP) is 4.36. The van der Waals surface area contributed by atoms with E-state index in [0.717, 1.165) is 4.57 Å². The molecule has 0 spiro atoms. The number of aliphatic imine (C=N–C) groups is 1. The van der Waals surface area contributed by atoms with Crippen molar-refractivity contribution in [2.24, 2.45) is 4.99 Å². The number of ketones is 1. The average molecular weight is 409 g/mol. The van der Waals surface area contributed by atoms with Gasteiger partial charge in [-0.25, -0.2) is 23.1 Å². The smallest absolute Gasteiger partial charge is 0.331 e. The lowest BCUT2D eigenvalue weighted by molar-refractivity contribution is -0.0468. The summed E-state index contributed by atoms with van der Waals surface area (Å²) in [6.45, 7) is -0.225. The number of piperidine rings is 1. The summed E-state index contributed by atoms with van der Waals surface area (Å²) >= 11 is 0. The molecule has 152 valence electrons. The SMILES string of the molecule is O=C1C(c2c(O)n(C(=O)N3CCC(F)(F)CC3)c3ccccc23)=Nc2ccccc21. The summed E-state index contributed by atoms with van der Waals surface area (Å²) in [7, 11) is 0. The van der Waals surface area contributed by atoms with Gasteiger partial charge in [0, 0.05) is 36.9 Å². The normalized spacial score (nSPS) is 17.9. The summed E-state index contributed by atoms with van der Waals surface area (Å²) in [6.07, 6.45) is -0.849. The zero-order valence-electron chi connectivity index (χ0n) is 15.8. The first kappa shape index (κ1) is 18.5. The number of para-hydroxylation sites is 2.